The second-order valence-electron chi connectivity index (χ2n) is 1.59. The molecule has 1 heterocycles. The molecule has 0 aliphatic carbocycles. The molecule has 0 fully saturated rings. The van der Waals surface area contributed by atoms with Crippen molar-refractivity contribution in [2.24, 2.45) is 0 Å². The Labute approximate surface area is 42.4 Å². The van der Waals surface area contributed by atoms with Gasteiger partial charge < -0.3 is 9.84 Å². The van der Waals surface area contributed by atoms with Gasteiger partial charge in [0.2, 0.25) is 0 Å². The Kier molecular flexibility index (Phi) is 1.32. The van der Waals surface area contributed by atoms with Crippen LogP contribution in [0.25, 0.3) is 0 Å². The predicted molar refractivity (Wildman–Crippen MR) is 25.7 cm³/mol. The molecule has 0 spiro atoms. The van der Waals surface area contributed by atoms with Gasteiger partial charge in [-0.25, -0.2) is 0 Å². The van der Waals surface area contributed by atoms with E-state index in [2.05, 4.69) is 0 Å². The number of ether oxygens (including phenoxy) is 1. The van der Waals surface area contributed by atoms with E-state index < -0.39 is 0 Å². The van der Waals surface area contributed by atoms with Crippen molar-refractivity contribution in [3.63, 3.8) is 0 Å². The number of hydrogen-bond donors (Lipinski definition) is 1. The Morgan fingerprint density at radius 1 is 1.71 bits per heavy atom. The third-order valence-electron chi connectivity index (χ3n) is 0.889. The second-order valence-corrected chi connectivity index (χ2v) is 1.59. The van der Waals surface area contributed by atoms with E-state index in [9.17, 15) is 0 Å². The third-order valence-corrected chi connectivity index (χ3v) is 0.889. The molecule has 0 saturated carbocycles. The summed E-state index contributed by atoms with van der Waals surface area (Å²) in [6.45, 7) is 0.455. The Balaban J connectivity index is 2.32. The zero-order valence-corrected chi connectivity index (χ0v) is 4.00. The van der Waals surface area contributed by atoms with Crippen LogP contribution in [0.5, 0.6) is 0 Å². The molecular weight excluding hydrogens is 92.1 g/mol. The fraction of sp³-hybridized carbons (Fsp3) is 0.600. The maximum atomic E-state index is 8.73. The number of rotatable bonds is 0. The van der Waals surface area contributed by atoms with Crippen molar-refractivity contribution in [2.45, 2.75) is 12.5 Å². The van der Waals surface area contributed by atoms with E-state index in [0.717, 1.165) is 6.42 Å². The van der Waals surface area contributed by atoms with Crippen molar-refractivity contribution in [3.8, 4) is 0 Å². The van der Waals surface area contributed by atoms with E-state index in [1.54, 1.807) is 6.26 Å². The van der Waals surface area contributed by atoms with Gasteiger partial charge in [0.25, 0.3) is 0 Å². The molecule has 40 valence electrons. The molecule has 1 aliphatic heterocycles. The molecule has 0 aromatic rings. The van der Waals surface area contributed by atoms with Gasteiger partial charge in [0.05, 0.1) is 12.4 Å². The largest absolute Gasteiger partial charge is 0.499 e. The van der Waals surface area contributed by atoms with Crippen LogP contribution in [0.1, 0.15) is 6.42 Å². The van der Waals surface area contributed by atoms with Crippen molar-refractivity contribution in [1.29, 1.82) is 0 Å². The predicted octanol–water partition coefficient (Wildman–Crippen LogP) is 0.281. The fourth-order valence-corrected chi connectivity index (χ4v) is 0.515. The van der Waals surface area contributed by atoms with Crippen LogP contribution in [-0.4, -0.2) is 17.8 Å². The Bertz CT molecular complexity index is 78.1. The lowest BCUT2D eigenvalue weighted by Crippen LogP contribution is -2.14. The van der Waals surface area contributed by atoms with Gasteiger partial charge in [0.1, 0.15) is 6.61 Å². The Morgan fingerprint density at radius 2 is 2.57 bits per heavy atom. The van der Waals surface area contributed by atoms with Gasteiger partial charge in [0.15, 0.2) is 0 Å². The lowest BCUT2D eigenvalue weighted by atomic mass is 10.2. The average Bonchev–Trinajstić information content (AvgIpc) is 1.69. The molecule has 0 aromatic carbocycles. The normalized spacial score (nSPS) is 29.6. The van der Waals surface area contributed by atoms with Crippen LogP contribution in [-0.2, 0) is 4.74 Å². The summed E-state index contributed by atoms with van der Waals surface area (Å²) in [6.07, 6.45) is 3.89. The lowest BCUT2D eigenvalue weighted by Gasteiger charge is -2.10. The van der Waals surface area contributed by atoms with Gasteiger partial charge >= 0.3 is 0 Å². The summed E-state index contributed by atoms with van der Waals surface area (Å²) in [5.74, 6) is 0. The molecule has 0 aromatic heterocycles. The summed E-state index contributed by atoms with van der Waals surface area (Å²) in [4.78, 5) is 0. The van der Waals surface area contributed by atoms with Gasteiger partial charge in [-0.2, -0.15) is 0 Å². The van der Waals surface area contributed by atoms with Crippen LogP contribution in [0, 0.1) is 0 Å². The molecule has 1 aliphatic rings. The summed E-state index contributed by atoms with van der Waals surface area (Å²) in [5.41, 5.74) is 0. The van der Waals surface area contributed by atoms with E-state index in [1.165, 1.54) is 0 Å². The summed E-state index contributed by atoms with van der Waals surface area (Å²) in [6, 6.07) is 0. The minimum atomic E-state index is -0.273. The maximum Gasteiger partial charge on any atom is 0.113 e. The standard InChI is InChI=1S/C5H8O2/c6-5-2-1-3-7-4-5/h1,3,5-6H,2,4H2/t5-/m0/s1. The van der Waals surface area contributed by atoms with Crippen LogP contribution < -0.4 is 0 Å². The third kappa shape index (κ3) is 1.20. The van der Waals surface area contributed by atoms with E-state index in [-0.39, 0.29) is 6.10 Å². The van der Waals surface area contributed by atoms with Gasteiger partial charge in [-0.15, -0.1) is 0 Å². The summed E-state index contributed by atoms with van der Waals surface area (Å²) < 4.78 is 4.75. The first-order chi connectivity index (χ1) is 3.39. The molecule has 1 rings (SSSR count). The first kappa shape index (κ1) is 4.65. The molecule has 0 saturated heterocycles. The van der Waals surface area contributed by atoms with E-state index in [4.69, 9.17) is 9.84 Å². The SMILES string of the molecule is O[C@H]1CC=COC1. The van der Waals surface area contributed by atoms with Crippen LogP contribution in [0.15, 0.2) is 12.3 Å². The molecule has 1 atom stereocenters. The number of hydrogen-bond acceptors (Lipinski definition) is 2. The Hall–Kier alpha value is -0.500. The molecule has 2 nitrogen and oxygen atoms in total. The van der Waals surface area contributed by atoms with Crippen molar-refractivity contribution in [1.82, 2.24) is 0 Å². The molecule has 0 unspecified atom stereocenters. The topological polar surface area (TPSA) is 29.5 Å². The smallest absolute Gasteiger partial charge is 0.113 e. The minimum Gasteiger partial charge on any atom is -0.499 e. The highest BCUT2D eigenvalue weighted by molar-refractivity contribution is 4.81. The monoisotopic (exact) mass is 100 g/mol. The first-order valence-corrected chi connectivity index (χ1v) is 2.34. The number of aliphatic hydroxyl groups excluding tert-OH is 1. The molecule has 0 amide bonds. The molecular formula is C5H8O2. The van der Waals surface area contributed by atoms with Crippen LogP contribution in [0.4, 0.5) is 0 Å². The van der Waals surface area contributed by atoms with Gasteiger partial charge in [0, 0.05) is 0 Å². The average molecular weight is 100 g/mol. The van der Waals surface area contributed by atoms with Crippen LogP contribution in [0.3, 0.4) is 0 Å². The summed E-state index contributed by atoms with van der Waals surface area (Å²) >= 11 is 0. The van der Waals surface area contributed by atoms with Crippen molar-refractivity contribution >= 4 is 0 Å². The molecule has 1 N–H and O–H groups in total. The van der Waals surface area contributed by atoms with Crippen molar-refractivity contribution < 1.29 is 9.84 Å². The molecule has 0 bridgehead atoms. The van der Waals surface area contributed by atoms with Crippen molar-refractivity contribution in [2.75, 3.05) is 6.61 Å². The van der Waals surface area contributed by atoms with Gasteiger partial charge in [-0.05, 0) is 12.5 Å². The summed E-state index contributed by atoms with van der Waals surface area (Å²) in [7, 11) is 0. The maximum absolute atomic E-state index is 8.73. The highest BCUT2D eigenvalue weighted by Crippen LogP contribution is 2.00. The quantitative estimate of drug-likeness (QED) is 0.474. The van der Waals surface area contributed by atoms with E-state index in [1.807, 2.05) is 6.08 Å². The zero-order chi connectivity index (χ0) is 5.11. The molecule has 7 heavy (non-hydrogen) atoms. The lowest BCUT2D eigenvalue weighted by molar-refractivity contribution is 0.0731. The molecule has 0 radical (unpaired) electrons. The zero-order valence-electron chi connectivity index (χ0n) is 4.00. The highest BCUT2D eigenvalue weighted by atomic mass is 16.5. The second kappa shape index (κ2) is 1.98. The minimum absolute atomic E-state index is 0.273. The van der Waals surface area contributed by atoms with Crippen LogP contribution in [0.2, 0.25) is 0 Å². The van der Waals surface area contributed by atoms with Crippen LogP contribution >= 0.6 is 0 Å². The van der Waals surface area contributed by atoms with Gasteiger partial charge in [-0.3, -0.25) is 0 Å². The number of aliphatic hydroxyl groups is 1. The van der Waals surface area contributed by atoms with E-state index >= 15 is 0 Å². The molecule has 2 heteroatoms. The Morgan fingerprint density at radius 3 is 2.86 bits per heavy atom. The fourth-order valence-electron chi connectivity index (χ4n) is 0.515. The van der Waals surface area contributed by atoms with Gasteiger partial charge in [-0.1, -0.05) is 0 Å². The summed E-state index contributed by atoms with van der Waals surface area (Å²) in [5, 5.41) is 8.73. The van der Waals surface area contributed by atoms with Crippen molar-refractivity contribution in [3.05, 3.63) is 12.3 Å². The highest BCUT2D eigenvalue weighted by Gasteiger charge is 2.03. The first-order valence-electron chi connectivity index (χ1n) is 2.34. The van der Waals surface area contributed by atoms with E-state index in [0.29, 0.717) is 6.61 Å².